The van der Waals surface area contributed by atoms with Gasteiger partial charge in [-0.2, -0.15) is 0 Å². The second-order valence-corrected chi connectivity index (χ2v) is 4.52. The molecule has 1 saturated heterocycles. The van der Waals surface area contributed by atoms with Gasteiger partial charge in [-0.15, -0.1) is 0 Å². The van der Waals surface area contributed by atoms with Crippen LogP contribution < -0.4 is 5.73 Å². The van der Waals surface area contributed by atoms with Gasteiger partial charge in [0, 0.05) is 59.0 Å². The number of piperazine rings is 1. The lowest BCUT2D eigenvalue weighted by molar-refractivity contribution is 0.0887. The fourth-order valence-electron chi connectivity index (χ4n) is 2.36. The van der Waals surface area contributed by atoms with Crippen molar-refractivity contribution in [3.05, 3.63) is 0 Å². The molecule has 0 aromatic carbocycles. The van der Waals surface area contributed by atoms with Gasteiger partial charge in [0.15, 0.2) is 0 Å². The number of methoxy groups -OCH3 is 1. The molecule has 1 heterocycles. The van der Waals surface area contributed by atoms with Gasteiger partial charge < -0.3 is 15.4 Å². The summed E-state index contributed by atoms with van der Waals surface area (Å²) in [5.41, 5.74) is 5.78. The van der Waals surface area contributed by atoms with Crippen molar-refractivity contribution < 1.29 is 4.74 Å². The van der Waals surface area contributed by atoms with Gasteiger partial charge in [-0.05, 0) is 12.8 Å². The average molecular weight is 229 g/mol. The number of rotatable bonds is 7. The normalized spacial score (nSPS) is 21.2. The van der Waals surface area contributed by atoms with Crippen molar-refractivity contribution in [2.75, 3.05) is 53.0 Å². The summed E-state index contributed by atoms with van der Waals surface area (Å²) in [6, 6.07) is 0.584. The Bertz CT molecular complexity index is 166. The van der Waals surface area contributed by atoms with Crippen molar-refractivity contribution in [1.82, 2.24) is 9.80 Å². The predicted molar refractivity (Wildman–Crippen MR) is 67.6 cm³/mol. The van der Waals surface area contributed by atoms with Crippen molar-refractivity contribution in [3.8, 4) is 0 Å². The maximum Gasteiger partial charge on any atom is 0.0474 e. The summed E-state index contributed by atoms with van der Waals surface area (Å²) < 4.78 is 5.07. The first-order valence-electron chi connectivity index (χ1n) is 6.47. The summed E-state index contributed by atoms with van der Waals surface area (Å²) in [6.45, 7) is 9.76. The molecule has 4 nitrogen and oxygen atoms in total. The third kappa shape index (κ3) is 4.37. The number of hydrogen-bond donors (Lipinski definition) is 1. The van der Waals surface area contributed by atoms with Crippen LogP contribution in [0.25, 0.3) is 0 Å². The van der Waals surface area contributed by atoms with Crippen LogP contribution in [0.15, 0.2) is 0 Å². The first kappa shape index (κ1) is 13.9. The molecule has 0 spiro atoms. The zero-order chi connectivity index (χ0) is 11.8. The van der Waals surface area contributed by atoms with Crippen LogP contribution in [0.3, 0.4) is 0 Å². The van der Waals surface area contributed by atoms with E-state index in [4.69, 9.17) is 10.5 Å². The Morgan fingerprint density at radius 1 is 1.25 bits per heavy atom. The smallest absolute Gasteiger partial charge is 0.0474 e. The molecule has 0 aliphatic carbocycles. The molecule has 1 fully saturated rings. The lowest BCUT2D eigenvalue weighted by atomic mass is 10.1. The van der Waals surface area contributed by atoms with Crippen molar-refractivity contribution in [3.63, 3.8) is 0 Å². The van der Waals surface area contributed by atoms with E-state index in [0.29, 0.717) is 6.04 Å². The highest BCUT2D eigenvalue weighted by molar-refractivity contribution is 4.78. The lowest BCUT2D eigenvalue weighted by Crippen LogP contribution is -2.52. The van der Waals surface area contributed by atoms with Crippen molar-refractivity contribution >= 4 is 0 Å². The number of hydrogen-bond acceptors (Lipinski definition) is 4. The van der Waals surface area contributed by atoms with Gasteiger partial charge in [0.1, 0.15) is 0 Å². The topological polar surface area (TPSA) is 41.7 Å². The number of ether oxygens (including phenoxy) is 1. The summed E-state index contributed by atoms with van der Waals surface area (Å²) in [7, 11) is 1.77. The largest absolute Gasteiger partial charge is 0.385 e. The van der Waals surface area contributed by atoms with Crippen LogP contribution in [0.4, 0.5) is 0 Å². The Kier molecular flexibility index (Phi) is 6.96. The van der Waals surface area contributed by atoms with Crippen LogP contribution in [0.5, 0.6) is 0 Å². The molecule has 0 radical (unpaired) electrons. The minimum atomic E-state index is 0.584. The molecule has 1 aliphatic heterocycles. The van der Waals surface area contributed by atoms with E-state index in [1.807, 2.05) is 0 Å². The highest BCUT2D eigenvalue weighted by Crippen LogP contribution is 2.08. The van der Waals surface area contributed by atoms with Crippen molar-refractivity contribution in [2.24, 2.45) is 5.73 Å². The molecule has 4 heteroatoms. The molecular weight excluding hydrogens is 202 g/mol. The lowest BCUT2D eigenvalue weighted by Gasteiger charge is -2.38. The van der Waals surface area contributed by atoms with Gasteiger partial charge in [-0.25, -0.2) is 0 Å². The summed E-state index contributed by atoms with van der Waals surface area (Å²) in [5.74, 6) is 0. The van der Waals surface area contributed by atoms with Crippen LogP contribution in [0, 0.1) is 0 Å². The standard InChI is InChI=1S/C12H27N3O/c1-3-12(11-13)15-8-6-14(7-9-15)5-4-10-16-2/h12H,3-11,13H2,1-2H3. The Balaban J connectivity index is 2.17. The Morgan fingerprint density at radius 2 is 1.94 bits per heavy atom. The van der Waals surface area contributed by atoms with Crippen LogP contribution in [-0.2, 0) is 4.74 Å². The minimum Gasteiger partial charge on any atom is -0.385 e. The average Bonchev–Trinajstić information content (AvgIpc) is 2.33. The van der Waals surface area contributed by atoms with Crippen molar-refractivity contribution in [1.29, 1.82) is 0 Å². The van der Waals surface area contributed by atoms with Crippen LogP contribution in [0.2, 0.25) is 0 Å². The number of nitrogens with zero attached hydrogens (tertiary/aromatic N) is 2. The fraction of sp³-hybridized carbons (Fsp3) is 1.00. The van der Waals surface area contributed by atoms with E-state index in [0.717, 1.165) is 19.6 Å². The Labute approximate surface area is 99.7 Å². The molecule has 16 heavy (non-hydrogen) atoms. The van der Waals surface area contributed by atoms with Crippen LogP contribution in [0.1, 0.15) is 19.8 Å². The van der Waals surface area contributed by atoms with Crippen molar-refractivity contribution in [2.45, 2.75) is 25.8 Å². The van der Waals surface area contributed by atoms with Gasteiger partial charge >= 0.3 is 0 Å². The molecule has 0 amide bonds. The molecule has 0 bridgehead atoms. The maximum atomic E-state index is 5.78. The third-order valence-electron chi connectivity index (χ3n) is 3.49. The number of nitrogens with two attached hydrogens (primary N) is 1. The molecule has 0 aromatic heterocycles. The fourth-order valence-corrected chi connectivity index (χ4v) is 2.36. The molecule has 0 saturated carbocycles. The Hall–Kier alpha value is -0.160. The third-order valence-corrected chi connectivity index (χ3v) is 3.49. The molecule has 1 rings (SSSR count). The van der Waals surface area contributed by atoms with E-state index in [1.165, 1.54) is 39.1 Å². The first-order chi connectivity index (χ1) is 7.81. The SMILES string of the molecule is CCC(CN)N1CCN(CCCOC)CC1. The van der Waals surface area contributed by atoms with Gasteiger partial charge in [0.2, 0.25) is 0 Å². The van der Waals surface area contributed by atoms with E-state index in [1.54, 1.807) is 7.11 Å². The predicted octanol–water partition coefficient (Wildman–Crippen LogP) is 0.378. The summed E-state index contributed by atoms with van der Waals surface area (Å²) >= 11 is 0. The first-order valence-corrected chi connectivity index (χ1v) is 6.47. The minimum absolute atomic E-state index is 0.584. The van der Waals surface area contributed by atoms with E-state index in [2.05, 4.69) is 16.7 Å². The molecule has 0 aromatic rings. The summed E-state index contributed by atoms with van der Waals surface area (Å²) in [5, 5.41) is 0. The molecule has 2 N–H and O–H groups in total. The molecular formula is C12H27N3O. The van der Waals surface area contributed by atoms with E-state index >= 15 is 0 Å². The van der Waals surface area contributed by atoms with Gasteiger partial charge in [-0.3, -0.25) is 4.90 Å². The van der Waals surface area contributed by atoms with E-state index < -0.39 is 0 Å². The van der Waals surface area contributed by atoms with Gasteiger partial charge in [0.05, 0.1) is 0 Å². The van der Waals surface area contributed by atoms with Crippen LogP contribution in [-0.4, -0.2) is 68.8 Å². The molecule has 1 atom stereocenters. The zero-order valence-corrected chi connectivity index (χ0v) is 10.8. The maximum absolute atomic E-state index is 5.78. The summed E-state index contributed by atoms with van der Waals surface area (Å²) in [4.78, 5) is 5.06. The molecule has 96 valence electrons. The van der Waals surface area contributed by atoms with E-state index in [9.17, 15) is 0 Å². The van der Waals surface area contributed by atoms with Gasteiger partial charge in [-0.1, -0.05) is 6.92 Å². The van der Waals surface area contributed by atoms with E-state index in [-0.39, 0.29) is 0 Å². The van der Waals surface area contributed by atoms with Crippen LogP contribution >= 0.6 is 0 Å². The van der Waals surface area contributed by atoms with Gasteiger partial charge in [0.25, 0.3) is 0 Å². The highest BCUT2D eigenvalue weighted by Gasteiger charge is 2.21. The zero-order valence-electron chi connectivity index (χ0n) is 10.8. The Morgan fingerprint density at radius 3 is 2.44 bits per heavy atom. The molecule has 1 aliphatic rings. The quantitative estimate of drug-likeness (QED) is 0.641. The second kappa shape index (κ2) is 8.01. The monoisotopic (exact) mass is 229 g/mol. The molecule has 1 unspecified atom stereocenters. The highest BCUT2D eigenvalue weighted by atomic mass is 16.5. The summed E-state index contributed by atoms with van der Waals surface area (Å²) in [6.07, 6.45) is 2.31. The second-order valence-electron chi connectivity index (χ2n) is 4.52.